The lowest BCUT2D eigenvalue weighted by atomic mass is 10.1. The van der Waals surface area contributed by atoms with Crippen molar-refractivity contribution in [2.24, 2.45) is 5.73 Å². The van der Waals surface area contributed by atoms with E-state index in [0.29, 0.717) is 0 Å². The van der Waals surface area contributed by atoms with E-state index in [1.54, 1.807) is 12.4 Å². The summed E-state index contributed by atoms with van der Waals surface area (Å²) >= 11 is 1.34. The Morgan fingerprint density at radius 2 is 2.36 bits per heavy atom. The van der Waals surface area contributed by atoms with Crippen molar-refractivity contribution < 1.29 is 0 Å². The Labute approximate surface area is 86.0 Å². The third-order valence-corrected chi connectivity index (χ3v) is 2.92. The molecular formula is C9H10N4S. The lowest BCUT2D eigenvalue weighted by molar-refractivity contribution is 0.866. The zero-order valence-corrected chi connectivity index (χ0v) is 8.53. The Bertz CT molecular complexity index is 412. The first-order valence-corrected chi connectivity index (χ1v) is 5.00. The second kappa shape index (κ2) is 3.81. The van der Waals surface area contributed by atoms with Crippen LogP contribution in [-0.2, 0) is 0 Å². The molecule has 14 heavy (non-hydrogen) atoms. The van der Waals surface area contributed by atoms with Crippen LogP contribution in [0.2, 0.25) is 0 Å². The molecule has 2 heterocycles. The van der Waals surface area contributed by atoms with Gasteiger partial charge in [-0.1, -0.05) is 10.6 Å². The average molecular weight is 206 g/mol. The zero-order chi connectivity index (χ0) is 9.97. The van der Waals surface area contributed by atoms with Gasteiger partial charge in [0.15, 0.2) is 0 Å². The highest BCUT2D eigenvalue weighted by Gasteiger charge is 2.14. The monoisotopic (exact) mass is 206 g/mol. The van der Waals surface area contributed by atoms with E-state index in [1.807, 2.05) is 19.1 Å². The molecule has 0 bridgehead atoms. The first-order chi connectivity index (χ1) is 6.79. The number of nitrogens with two attached hydrogens (primary N) is 1. The predicted octanol–water partition coefficient (Wildman–Crippen LogP) is 1.29. The van der Waals surface area contributed by atoms with Crippen molar-refractivity contribution in [3.8, 4) is 0 Å². The largest absolute Gasteiger partial charge is 0.319 e. The van der Waals surface area contributed by atoms with Gasteiger partial charge >= 0.3 is 0 Å². The normalized spacial score (nSPS) is 12.7. The predicted molar refractivity (Wildman–Crippen MR) is 54.9 cm³/mol. The number of rotatable bonds is 2. The minimum atomic E-state index is -0.163. The molecule has 0 amide bonds. The first kappa shape index (κ1) is 9.23. The van der Waals surface area contributed by atoms with E-state index in [4.69, 9.17) is 5.73 Å². The molecular weight excluding hydrogens is 196 g/mol. The van der Waals surface area contributed by atoms with E-state index in [0.717, 1.165) is 16.1 Å². The Hall–Kier alpha value is -1.33. The van der Waals surface area contributed by atoms with Gasteiger partial charge in [0.2, 0.25) is 0 Å². The van der Waals surface area contributed by atoms with E-state index in [2.05, 4.69) is 14.6 Å². The molecule has 1 unspecified atom stereocenters. The average Bonchev–Trinajstić information content (AvgIpc) is 2.65. The fourth-order valence-corrected chi connectivity index (χ4v) is 1.91. The fraction of sp³-hybridized carbons (Fsp3) is 0.222. The van der Waals surface area contributed by atoms with Gasteiger partial charge in [0.25, 0.3) is 0 Å². The Kier molecular flexibility index (Phi) is 2.51. The van der Waals surface area contributed by atoms with Gasteiger partial charge in [-0.15, -0.1) is 5.10 Å². The van der Waals surface area contributed by atoms with Crippen molar-refractivity contribution in [1.29, 1.82) is 0 Å². The topological polar surface area (TPSA) is 64.7 Å². The van der Waals surface area contributed by atoms with Gasteiger partial charge in [0, 0.05) is 12.4 Å². The number of aromatic nitrogens is 3. The summed E-state index contributed by atoms with van der Waals surface area (Å²) in [6, 6.07) is 3.67. The molecule has 0 saturated carbocycles. The summed E-state index contributed by atoms with van der Waals surface area (Å²) < 4.78 is 3.86. The zero-order valence-electron chi connectivity index (χ0n) is 7.71. The highest BCUT2D eigenvalue weighted by molar-refractivity contribution is 7.05. The fourth-order valence-electron chi connectivity index (χ4n) is 1.23. The SMILES string of the molecule is Cc1nnsc1C(N)c1cccnc1. The lowest BCUT2D eigenvalue weighted by Crippen LogP contribution is -2.11. The van der Waals surface area contributed by atoms with Crippen LogP contribution in [0.3, 0.4) is 0 Å². The molecule has 0 spiro atoms. The van der Waals surface area contributed by atoms with E-state index in [-0.39, 0.29) is 6.04 Å². The summed E-state index contributed by atoms with van der Waals surface area (Å²) in [6.45, 7) is 1.91. The smallest absolute Gasteiger partial charge is 0.0776 e. The molecule has 0 aliphatic rings. The van der Waals surface area contributed by atoms with Crippen LogP contribution in [0.25, 0.3) is 0 Å². The number of pyridine rings is 1. The lowest BCUT2D eigenvalue weighted by Gasteiger charge is -2.08. The summed E-state index contributed by atoms with van der Waals surface area (Å²) in [6.07, 6.45) is 3.50. The first-order valence-electron chi connectivity index (χ1n) is 4.23. The number of nitrogens with zero attached hydrogens (tertiary/aromatic N) is 3. The van der Waals surface area contributed by atoms with Gasteiger partial charge in [0.05, 0.1) is 16.6 Å². The molecule has 2 N–H and O–H groups in total. The quantitative estimate of drug-likeness (QED) is 0.804. The highest BCUT2D eigenvalue weighted by atomic mass is 32.1. The van der Waals surface area contributed by atoms with Crippen LogP contribution in [-0.4, -0.2) is 14.6 Å². The number of hydrogen-bond donors (Lipinski definition) is 1. The van der Waals surface area contributed by atoms with E-state index in [9.17, 15) is 0 Å². The minimum Gasteiger partial charge on any atom is -0.319 e. The summed E-state index contributed by atoms with van der Waals surface area (Å²) in [5.41, 5.74) is 7.93. The van der Waals surface area contributed by atoms with Crippen molar-refractivity contribution in [2.75, 3.05) is 0 Å². The molecule has 0 aliphatic heterocycles. The van der Waals surface area contributed by atoms with Gasteiger partial charge < -0.3 is 5.73 Å². The molecule has 0 aromatic carbocycles. The number of aryl methyl sites for hydroxylation is 1. The molecule has 4 nitrogen and oxygen atoms in total. The molecule has 2 aromatic heterocycles. The molecule has 0 saturated heterocycles. The maximum Gasteiger partial charge on any atom is 0.0776 e. The van der Waals surface area contributed by atoms with Crippen LogP contribution in [0.4, 0.5) is 0 Å². The second-order valence-electron chi connectivity index (χ2n) is 2.99. The molecule has 0 aliphatic carbocycles. The number of hydrogen-bond acceptors (Lipinski definition) is 5. The van der Waals surface area contributed by atoms with Gasteiger partial charge in [0.1, 0.15) is 0 Å². The maximum atomic E-state index is 6.05. The standard InChI is InChI=1S/C9H10N4S/c1-6-9(14-13-12-6)8(10)7-3-2-4-11-5-7/h2-5,8H,10H2,1H3. The Balaban J connectivity index is 2.34. The van der Waals surface area contributed by atoms with Crippen molar-refractivity contribution in [2.45, 2.75) is 13.0 Å². The molecule has 72 valence electrons. The van der Waals surface area contributed by atoms with Crippen LogP contribution in [0.15, 0.2) is 24.5 Å². The van der Waals surface area contributed by atoms with Crippen LogP contribution < -0.4 is 5.73 Å². The van der Waals surface area contributed by atoms with Gasteiger partial charge in [-0.05, 0) is 30.1 Å². The van der Waals surface area contributed by atoms with Crippen LogP contribution >= 0.6 is 11.5 Å². The Morgan fingerprint density at radius 3 is 2.93 bits per heavy atom. The van der Waals surface area contributed by atoms with E-state index < -0.39 is 0 Å². The molecule has 5 heteroatoms. The van der Waals surface area contributed by atoms with Crippen molar-refractivity contribution >= 4 is 11.5 Å². The maximum absolute atomic E-state index is 6.05. The van der Waals surface area contributed by atoms with Crippen molar-refractivity contribution in [1.82, 2.24) is 14.6 Å². The summed E-state index contributed by atoms with van der Waals surface area (Å²) in [5.74, 6) is 0. The molecule has 0 fully saturated rings. The summed E-state index contributed by atoms with van der Waals surface area (Å²) in [7, 11) is 0. The van der Waals surface area contributed by atoms with Gasteiger partial charge in [-0.3, -0.25) is 4.98 Å². The third-order valence-electron chi connectivity index (χ3n) is 2.01. The molecule has 2 rings (SSSR count). The van der Waals surface area contributed by atoms with Crippen LogP contribution in [0.5, 0.6) is 0 Å². The second-order valence-corrected chi connectivity index (χ2v) is 3.77. The van der Waals surface area contributed by atoms with Crippen LogP contribution in [0, 0.1) is 6.92 Å². The minimum absolute atomic E-state index is 0.163. The Morgan fingerprint density at radius 1 is 1.50 bits per heavy atom. The van der Waals surface area contributed by atoms with E-state index >= 15 is 0 Å². The highest BCUT2D eigenvalue weighted by Crippen LogP contribution is 2.23. The van der Waals surface area contributed by atoms with Crippen molar-refractivity contribution in [3.63, 3.8) is 0 Å². The summed E-state index contributed by atoms with van der Waals surface area (Å²) in [4.78, 5) is 5.03. The van der Waals surface area contributed by atoms with Crippen molar-refractivity contribution in [3.05, 3.63) is 40.7 Å². The summed E-state index contributed by atoms with van der Waals surface area (Å²) in [5, 5.41) is 3.93. The van der Waals surface area contributed by atoms with E-state index in [1.165, 1.54) is 11.5 Å². The molecule has 0 radical (unpaired) electrons. The molecule has 1 atom stereocenters. The van der Waals surface area contributed by atoms with Gasteiger partial charge in [-0.2, -0.15) is 0 Å². The molecule has 2 aromatic rings. The third kappa shape index (κ3) is 1.64. The van der Waals surface area contributed by atoms with Crippen LogP contribution in [0.1, 0.15) is 22.2 Å². The van der Waals surface area contributed by atoms with Gasteiger partial charge in [-0.25, -0.2) is 0 Å².